The Labute approximate surface area is 443 Å². The molecule has 0 spiro atoms. The van der Waals surface area contributed by atoms with Crippen LogP contribution in [-0.2, 0) is 13.1 Å². The van der Waals surface area contributed by atoms with E-state index in [0.717, 1.165) is 86.6 Å². The summed E-state index contributed by atoms with van der Waals surface area (Å²) in [6.07, 6.45) is 9.90. The lowest BCUT2D eigenvalue weighted by Crippen LogP contribution is -2.46. The number of halogens is 3. The normalized spacial score (nSPS) is 14.0. The van der Waals surface area contributed by atoms with Crippen molar-refractivity contribution in [2.75, 3.05) is 53.1 Å². The molecule has 4 aromatic carbocycles. The molecule has 4 heterocycles. The first-order chi connectivity index (χ1) is 34.5. The fourth-order valence-electron chi connectivity index (χ4n) is 8.38. The second-order valence-corrected chi connectivity index (χ2v) is 24.1. The molecule has 2 aromatic heterocycles. The summed E-state index contributed by atoms with van der Waals surface area (Å²) >= 11 is 2.07. The maximum absolute atomic E-state index is 13.1. The van der Waals surface area contributed by atoms with Gasteiger partial charge in [-0.2, -0.15) is 12.6 Å². The minimum atomic E-state index is -1.72. The number of nitrogens with two attached hydrogens (primary N) is 2. The number of carbonyl (C=O) groups is 4. The monoisotopic (exact) mass is 1070 g/mol. The molecule has 16 nitrogen and oxygen atoms in total. The number of imidazole rings is 2. The smallest absolute Gasteiger partial charge is 0.508 e. The van der Waals surface area contributed by atoms with Gasteiger partial charge in [-0.3, -0.25) is 28.5 Å². The van der Waals surface area contributed by atoms with Crippen molar-refractivity contribution in [3.63, 3.8) is 0 Å². The van der Waals surface area contributed by atoms with Gasteiger partial charge in [-0.15, -0.1) is 0 Å². The Hall–Kier alpha value is -5.55. The first-order valence-electron chi connectivity index (χ1n) is 23.3. The third kappa shape index (κ3) is 16.8. The molecule has 6 aromatic rings. The number of phenolic OH excluding ortho intramolecular Hbond substituents is 1. The Morgan fingerprint density at radius 2 is 1.07 bits per heavy atom. The van der Waals surface area contributed by atoms with Crippen LogP contribution in [0.25, 0.3) is 22.5 Å². The van der Waals surface area contributed by atoms with E-state index in [2.05, 4.69) is 38.5 Å². The van der Waals surface area contributed by atoms with E-state index in [9.17, 15) is 24.3 Å². The summed E-state index contributed by atoms with van der Waals surface area (Å²) in [5, 5.41) is 10.00. The van der Waals surface area contributed by atoms with E-state index in [1.165, 1.54) is 27.4 Å². The summed E-state index contributed by atoms with van der Waals surface area (Å²) in [6.45, 7) is 7.06. The molecule has 0 saturated carbocycles. The minimum absolute atomic E-state index is 0.122. The molecule has 0 bridgehead atoms. The van der Waals surface area contributed by atoms with Crippen LogP contribution in [0, 0.1) is 0 Å². The quantitative estimate of drug-likeness (QED) is 0.0719. The van der Waals surface area contributed by atoms with Crippen LogP contribution in [0.2, 0.25) is 0 Å². The summed E-state index contributed by atoms with van der Waals surface area (Å²) < 4.78 is 8.43. The molecular formula is C51H62AlCl3N10O6S. The number of hydrogen-bond donors (Lipinski definition) is 4. The van der Waals surface area contributed by atoms with Crippen molar-refractivity contribution < 1.29 is 29.0 Å². The molecule has 382 valence electrons. The molecule has 5 N–H and O–H groups in total. The largest absolute Gasteiger partial charge is 0.643 e. The summed E-state index contributed by atoms with van der Waals surface area (Å²) in [4.78, 5) is 65.9. The fraction of sp³-hybridized carbons (Fsp3) is 0.333. The first kappa shape index (κ1) is 57.4. The number of aromatic nitrogens is 4. The lowest BCUT2D eigenvalue weighted by atomic mass is 10.0. The highest BCUT2D eigenvalue weighted by molar-refractivity contribution is 7.80. The molecule has 0 radical (unpaired) electrons. The van der Waals surface area contributed by atoms with Crippen LogP contribution in [0.5, 0.6) is 11.5 Å². The third-order valence-corrected chi connectivity index (χ3v) is 12.3. The van der Waals surface area contributed by atoms with Crippen LogP contribution in [0.3, 0.4) is 0 Å². The number of phenols is 1. The van der Waals surface area contributed by atoms with E-state index in [1.807, 2.05) is 69.6 Å². The lowest BCUT2D eigenvalue weighted by molar-refractivity contribution is 0.0992. The Bertz CT molecular complexity index is 2710. The molecule has 4 amide bonds. The van der Waals surface area contributed by atoms with Gasteiger partial charge in [0.1, 0.15) is 24.2 Å². The highest BCUT2D eigenvalue weighted by Gasteiger charge is 2.28. The molecule has 2 fully saturated rings. The van der Waals surface area contributed by atoms with Crippen molar-refractivity contribution >= 4 is 78.0 Å². The number of thiol groups is 1. The van der Waals surface area contributed by atoms with Gasteiger partial charge in [0, 0.05) is 111 Å². The van der Waals surface area contributed by atoms with Gasteiger partial charge in [-0.1, -0.05) is 67.6 Å². The van der Waals surface area contributed by atoms with Crippen molar-refractivity contribution in [1.82, 2.24) is 38.7 Å². The molecule has 2 aliphatic heterocycles. The van der Waals surface area contributed by atoms with Gasteiger partial charge in [-0.05, 0) is 67.8 Å². The Kier molecular flexibility index (Phi) is 22.8. The summed E-state index contributed by atoms with van der Waals surface area (Å²) in [6, 6.07) is 29.3. The second-order valence-electron chi connectivity index (χ2n) is 17.0. The van der Waals surface area contributed by atoms with Crippen LogP contribution in [0.4, 0.5) is 9.59 Å². The number of aromatic hydroxyl groups is 1. The lowest BCUT2D eigenvalue weighted by Gasteiger charge is -2.36. The second kappa shape index (κ2) is 28.6. The summed E-state index contributed by atoms with van der Waals surface area (Å²) in [7, 11) is 20.2. The van der Waals surface area contributed by atoms with E-state index >= 15 is 0 Å². The summed E-state index contributed by atoms with van der Waals surface area (Å²) in [5.41, 5.74) is 16.3. The highest BCUT2D eigenvalue weighted by Crippen LogP contribution is 2.26. The molecule has 0 atom stereocenters. The van der Waals surface area contributed by atoms with Gasteiger partial charge in [-0.25, -0.2) is 49.7 Å². The number of para-hydroxylation sites is 2. The number of benzene rings is 4. The van der Waals surface area contributed by atoms with Gasteiger partial charge >= 0.3 is 23.4 Å². The van der Waals surface area contributed by atoms with Gasteiger partial charge in [0.15, 0.2) is 0 Å². The van der Waals surface area contributed by atoms with Crippen molar-refractivity contribution in [2.45, 2.75) is 57.8 Å². The maximum atomic E-state index is 13.1. The zero-order valence-corrected chi connectivity index (χ0v) is 45.2. The number of piperidine rings is 2. The number of hydrogen-bond acceptors (Lipinski definition) is 11. The zero-order valence-electron chi connectivity index (χ0n) is 40.9. The molecular weight excluding hydrogens is 1010 g/mol. The molecule has 2 aliphatic rings. The standard InChI is InChI=1S/C25H29N5O3.C24H27N5O3.C2H6S.Al.3ClH/c1-28(21-10-12-29(13-11-21)15-20-6-3-4-9-23(20)33-2)25(32)30-16-22(27-17-30)18-7-5-8-19(14-18)24(26)31;1-27(20-9-11-28(12-10-20)14-19-5-2-3-8-22(19)30)24(32)29-15-21(26-16-29)17-6-4-7-18(13-17)23(25)31;1-2-3;;;;/h3-9,14,16-17,21H,10-13,15H2,1-2H3,(H2,26,31);2-8,13,15-16,20,30H,9-12,14H2,1H3,(H2,25,31);3H,2H2,1H3;;3*1H/q;;;+3;;;/p-3. The number of ether oxygens (including phenoxy) is 1. The van der Waals surface area contributed by atoms with Crippen molar-refractivity contribution in [1.29, 1.82) is 0 Å². The van der Waals surface area contributed by atoms with Crippen LogP contribution in [-0.4, -0.2) is 144 Å². The van der Waals surface area contributed by atoms with E-state index < -0.39 is 23.2 Å². The predicted octanol–water partition coefficient (Wildman–Crippen LogP) is 8.77. The van der Waals surface area contributed by atoms with Crippen molar-refractivity contribution in [2.24, 2.45) is 11.5 Å². The Morgan fingerprint density at radius 3 is 1.47 bits per heavy atom. The van der Waals surface area contributed by atoms with E-state index in [-0.39, 0.29) is 24.1 Å². The average Bonchev–Trinajstić information content (AvgIpc) is 4.09. The van der Waals surface area contributed by atoms with Gasteiger partial charge < -0.3 is 31.1 Å². The van der Waals surface area contributed by atoms with E-state index in [4.69, 9.17) is 46.4 Å². The summed E-state index contributed by atoms with van der Waals surface area (Å²) in [5.74, 6) is 1.17. The number of methoxy groups -OCH3 is 1. The van der Waals surface area contributed by atoms with Crippen molar-refractivity contribution in [3.8, 4) is 34.0 Å². The van der Waals surface area contributed by atoms with Gasteiger partial charge in [0.05, 0.1) is 18.5 Å². The number of nitrogens with zero attached hydrogens (tertiary/aromatic N) is 8. The van der Waals surface area contributed by atoms with Crippen LogP contribution in [0.1, 0.15) is 64.4 Å². The van der Waals surface area contributed by atoms with Crippen LogP contribution in [0.15, 0.2) is 122 Å². The van der Waals surface area contributed by atoms with Gasteiger partial charge in [0.25, 0.3) is 0 Å². The number of rotatable bonds is 11. The molecule has 0 unspecified atom stereocenters. The van der Waals surface area contributed by atoms with Gasteiger partial charge in [0.2, 0.25) is 11.8 Å². The van der Waals surface area contributed by atoms with Crippen molar-refractivity contribution in [3.05, 3.63) is 144 Å². The van der Waals surface area contributed by atoms with Crippen LogP contribution >= 0.6 is 42.8 Å². The minimum Gasteiger partial charge on any atom is -0.508 e. The Morgan fingerprint density at radius 1 is 0.681 bits per heavy atom. The molecule has 21 heteroatoms. The maximum Gasteiger partial charge on any atom is 0.643 e. The predicted molar refractivity (Wildman–Crippen MR) is 290 cm³/mol. The highest BCUT2D eigenvalue weighted by atomic mass is 35.8. The topological polar surface area (TPSA) is 198 Å². The van der Waals surface area contributed by atoms with Crippen LogP contribution < -0.4 is 16.2 Å². The Balaban J connectivity index is 0.000000237. The average molecular weight is 1080 g/mol. The molecule has 0 aliphatic carbocycles. The number of carbonyl (C=O) groups excluding carboxylic acids is 4. The SMILES string of the molecule is CCS.CN(C(=O)n1cnc(-c2cccc(C(N)=O)c2)c1)C1CCN(Cc2ccccc2O)CC1.COc1ccccc1CN1CCC(N(C)C(=O)n2cnc(-c3cccc(C(N)=O)c3)c2)CC1.[Cl][Al]([Cl])[Cl]. The third-order valence-electron chi connectivity index (χ3n) is 12.3. The first-order valence-corrected chi connectivity index (χ1v) is 29.2. The fourth-order valence-corrected chi connectivity index (χ4v) is 8.38. The zero-order chi connectivity index (χ0) is 52.3. The van der Waals surface area contributed by atoms with E-state index in [1.54, 1.807) is 71.8 Å². The molecule has 8 rings (SSSR count). The molecule has 72 heavy (non-hydrogen) atoms. The number of amides is 4. The number of primary amides is 2. The number of likely N-dealkylation sites (tertiary alicyclic amines) is 2. The molecule has 2 saturated heterocycles. The van der Waals surface area contributed by atoms with E-state index in [0.29, 0.717) is 34.8 Å².